The van der Waals surface area contributed by atoms with Crippen LogP contribution in [0, 0.1) is 0 Å². The van der Waals surface area contributed by atoms with Crippen LogP contribution in [0.15, 0.2) is 12.3 Å². The number of amides is 1. The van der Waals surface area contributed by atoms with Gasteiger partial charge in [0.25, 0.3) is 5.91 Å². The largest absolute Gasteiger partial charge is 0.378 e. The Hall–Kier alpha value is -1.37. The van der Waals surface area contributed by atoms with Gasteiger partial charge in [0.15, 0.2) is 0 Å². The second-order valence-electron chi connectivity index (χ2n) is 6.51. The fourth-order valence-corrected chi connectivity index (χ4v) is 3.34. The van der Waals surface area contributed by atoms with Crippen LogP contribution < -0.4 is 4.90 Å². The zero-order valence-electron chi connectivity index (χ0n) is 14.3. The molecule has 0 radical (unpaired) electrons. The average molecular weight is 354 g/mol. The summed E-state index contributed by atoms with van der Waals surface area (Å²) in [5.41, 5.74) is 0.336. The van der Waals surface area contributed by atoms with E-state index in [0.717, 1.165) is 25.3 Å². The van der Waals surface area contributed by atoms with E-state index in [1.54, 1.807) is 17.2 Å². The van der Waals surface area contributed by atoms with Gasteiger partial charge in [-0.15, -0.1) is 0 Å². The van der Waals surface area contributed by atoms with Crippen LogP contribution in [-0.4, -0.2) is 67.4 Å². The molecule has 2 aliphatic rings. The molecule has 0 spiro atoms. The number of hydrogen-bond donors (Lipinski definition) is 0. The molecule has 0 aromatic carbocycles. The molecule has 0 N–H and O–H groups in total. The van der Waals surface area contributed by atoms with E-state index in [4.69, 9.17) is 21.1 Å². The summed E-state index contributed by atoms with van der Waals surface area (Å²) in [6, 6.07) is 1.72. The van der Waals surface area contributed by atoms with Crippen LogP contribution in [0.5, 0.6) is 0 Å². The van der Waals surface area contributed by atoms with E-state index in [2.05, 4.69) is 23.7 Å². The van der Waals surface area contributed by atoms with Crippen LogP contribution in [0.3, 0.4) is 0 Å². The van der Waals surface area contributed by atoms with Gasteiger partial charge in [0.2, 0.25) is 0 Å². The second kappa shape index (κ2) is 7.25. The van der Waals surface area contributed by atoms with E-state index >= 15 is 0 Å². The first kappa shape index (κ1) is 17.5. The van der Waals surface area contributed by atoms with Gasteiger partial charge >= 0.3 is 0 Å². The van der Waals surface area contributed by atoms with Crippen LogP contribution in [0.1, 0.15) is 30.6 Å². The molecule has 1 aromatic heterocycles. The molecule has 3 heterocycles. The van der Waals surface area contributed by atoms with E-state index in [-0.39, 0.29) is 11.5 Å². The highest BCUT2D eigenvalue weighted by atomic mass is 35.5. The molecule has 132 valence electrons. The van der Waals surface area contributed by atoms with Crippen molar-refractivity contribution in [3.8, 4) is 0 Å². The topological polar surface area (TPSA) is 54.9 Å². The first-order valence-corrected chi connectivity index (χ1v) is 8.82. The Kier molecular flexibility index (Phi) is 5.27. The summed E-state index contributed by atoms with van der Waals surface area (Å²) in [4.78, 5) is 20.9. The molecule has 1 atom stereocenters. The number of carbonyl (C=O) groups excluding carboxylic acids is 1. The predicted octanol–water partition coefficient (Wildman–Crippen LogP) is 2.21. The van der Waals surface area contributed by atoms with Crippen molar-refractivity contribution < 1.29 is 14.3 Å². The molecular formula is C17H24ClN3O3. The number of hydrogen-bond acceptors (Lipinski definition) is 5. The lowest BCUT2D eigenvalue weighted by atomic mass is 10.0. The maximum absolute atomic E-state index is 12.5. The molecule has 2 saturated heterocycles. The third kappa shape index (κ3) is 3.66. The lowest BCUT2D eigenvalue weighted by molar-refractivity contribution is -0.0443. The Bertz CT molecular complexity index is 607. The summed E-state index contributed by atoms with van der Waals surface area (Å²) in [5, 5.41) is 0.509. The summed E-state index contributed by atoms with van der Waals surface area (Å²) in [5.74, 6) is 0.679. The van der Waals surface area contributed by atoms with Crippen molar-refractivity contribution in [2.45, 2.75) is 25.9 Å². The van der Waals surface area contributed by atoms with Crippen molar-refractivity contribution in [3.63, 3.8) is 0 Å². The standard InChI is InChI=1S/C17H24ClN3O3/c1-3-17(2)12-21(6-9-24-17)15-14(18)10-13(11-19-15)16(22)20-4-7-23-8-5-20/h10-11H,3-9,12H2,1-2H3. The fourth-order valence-electron chi connectivity index (χ4n) is 3.05. The van der Waals surface area contributed by atoms with Gasteiger partial charge in [0, 0.05) is 32.4 Å². The molecule has 1 aromatic rings. The van der Waals surface area contributed by atoms with Crippen LogP contribution in [-0.2, 0) is 9.47 Å². The van der Waals surface area contributed by atoms with Crippen molar-refractivity contribution in [1.82, 2.24) is 9.88 Å². The van der Waals surface area contributed by atoms with E-state index in [0.29, 0.717) is 43.5 Å². The maximum Gasteiger partial charge on any atom is 0.255 e. The number of aromatic nitrogens is 1. The molecule has 2 fully saturated rings. The minimum absolute atomic E-state index is 0.0420. The molecule has 2 aliphatic heterocycles. The highest BCUT2D eigenvalue weighted by molar-refractivity contribution is 6.33. The van der Waals surface area contributed by atoms with Crippen LogP contribution in [0.25, 0.3) is 0 Å². The minimum Gasteiger partial charge on any atom is -0.378 e. The lowest BCUT2D eigenvalue weighted by Gasteiger charge is -2.40. The number of pyridine rings is 1. The van der Waals surface area contributed by atoms with E-state index < -0.39 is 0 Å². The average Bonchev–Trinajstić information content (AvgIpc) is 2.62. The first-order valence-electron chi connectivity index (χ1n) is 8.44. The summed E-state index contributed by atoms with van der Waals surface area (Å²) >= 11 is 6.44. The highest BCUT2D eigenvalue weighted by Gasteiger charge is 2.32. The molecule has 7 heteroatoms. The molecule has 24 heavy (non-hydrogen) atoms. The van der Waals surface area contributed by atoms with Crippen molar-refractivity contribution in [2.75, 3.05) is 50.9 Å². The number of ether oxygens (including phenoxy) is 2. The normalized spacial score (nSPS) is 25.0. The Morgan fingerprint density at radius 3 is 2.75 bits per heavy atom. The van der Waals surface area contributed by atoms with Gasteiger partial charge in [-0.05, 0) is 19.4 Å². The van der Waals surface area contributed by atoms with Gasteiger partial charge < -0.3 is 19.3 Å². The van der Waals surface area contributed by atoms with Gasteiger partial charge in [-0.1, -0.05) is 18.5 Å². The highest BCUT2D eigenvalue weighted by Crippen LogP contribution is 2.30. The Balaban J connectivity index is 1.76. The van der Waals surface area contributed by atoms with Gasteiger partial charge in [0.1, 0.15) is 5.82 Å². The number of carbonyl (C=O) groups is 1. The number of nitrogens with zero attached hydrogens (tertiary/aromatic N) is 3. The SMILES string of the molecule is CCC1(C)CN(c2ncc(C(=O)N3CCOCC3)cc2Cl)CCO1. The monoisotopic (exact) mass is 353 g/mol. The second-order valence-corrected chi connectivity index (χ2v) is 6.91. The minimum atomic E-state index is -0.189. The Labute approximate surface area is 147 Å². The zero-order chi connectivity index (χ0) is 17.2. The Morgan fingerprint density at radius 2 is 2.08 bits per heavy atom. The molecule has 3 rings (SSSR count). The zero-order valence-corrected chi connectivity index (χ0v) is 15.0. The molecule has 0 aliphatic carbocycles. The summed E-state index contributed by atoms with van der Waals surface area (Å²) in [6.07, 6.45) is 2.55. The van der Waals surface area contributed by atoms with Gasteiger partial charge in [0.05, 0.1) is 36.0 Å². The van der Waals surface area contributed by atoms with Gasteiger partial charge in [-0.2, -0.15) is 0 Å². The number of anilines is 1. The maximum atomic E-state index is 12.5. The molecular weight excluding hydrogens is 330 g/mol. The fraction of sp³-hybridized carbons (Fsp3) is 0.647. The van der Waals surface area contributed by atoms with E-state index in [9.17, 15) is 4.79 Å². The third-order valence-corrected chi connectivity index (χ3v) is 5.03. The van der Waals surface area contributed by atoms with E-state index in [1.807, 2.05) is 0 Å². The Morgan fingerprint density at radius 1 is 1.33 bits per heavy atom. The number of halogens is 1. The van der Waals surface area contributed by atoms with Crippen molar-refractivity contribution in [1.29, 1.82) is 0 Å². The van der Waals surface area contributed by atoms with Crippen LogP contribution in [0.4, 0.5) is 5.82 Å². The van der Waals surface area contributed by atoms with Crippen LogP contribution in [0.2, 0.25) is 5.02 Å². The van der Waals surface area contributed by atoms with Crippen LogP contribution >= 0.6 is 11.6 Å². The summed E-state index contributed by atoms with van der Waals surface area (Å²) in [6.45, 7) is 8.73. The summed E-state index contributed by atoms with van der Waals surface area (Å²) in [7, 11) is 0. The number of rotatable bonds is 3. The quantitative estimate of drug-likeness (QED) is 0.834. The van der Waals surface area contributed by atoms with E-state index in [1.165, 1.54) is 0 Å². The first-order chi connectivity index (χ1) is 11.5. The van der Waals surface area contributed by atoms with Crippen molar-refractivity contribution in [2.24, 2.45) is 0 Å². The predicted molar refractivity (Wildman–Crippen MR) is 92.8 cm³/mol. The number of morpholine rings is 2. The van der Waals surface area contributed by atoms with Crippen molar-refractivity contribution in [3.05, 3.63) is 22.8 Å². The summed E-state index contributed by atoms with van der Waals surface area (Å²) < 4.78 is 11.1. The molecule has 1 amide bonds. The smallest absolute Gasteiger partial charge is 0.255 e. The van der Waals surface area contributed by atoms with Gasteiger partial charge in [-0.25, -0.2) is 4.98 Å². The third-order valence-electron chi connectivity index (χ3n) is 4.75. The molecule has 6 nitrogen and oxygen atoms in total. The van der Waals surface area contributed by atoms with Crippen molar-refractivity contribution >= 4 is 23.3 Å². The van der Waals surface area contributed by atoms with Gasteiger partial charge in [-0.3, -0.25) is 4.79 Å². The lowest BCUT2D eigenvalue weighted by Crippen LogP contribution is -2.50. The molecule has 0 bridgehead atoms. The molecule has 1 unspecified atom stereocenters. The molecule has 0 saturated carbocycles.